The van der Waals surface area contributed by atoms with E-state index in [1.54, 1.807) is 36.5 Å². The van der Waals surface area contributed by atoms with Gasteiger partial charge in [0.05, 0.1) is 42.8 Å². The number of nitrogens with zero attached hydrogens (tertiary/aromatic N) is 8. The fourth-order valence-corrected chi connectivity index (χ4v) is 3.57. The second-order valence-corrected chi connectivity index (χ2v) is 7.85. The first kappa shape index (κ1) is 23.2. The maximum absolute atomic E-state index is 13.7. The number of carbonyl (C=O) groups is 1. The van der Waals surface area contributed by atoms with Gasteiger partial charge in [-0.25, -0.2) is 4.39 Å². The third-order valence-electron chi connectivity index (χ3n) is 5.33. The Balaban J connectivity index is 1.58. The Kier molecular flexibility index (Phi) is 7.02. The van der Waals surface area contributed by atoms with E-state index in [4.69, 9.17) is 4.74 Å². The highest BCUT2D eigenvalue weighted by Gasteiger charge is 2.26. The molecule has 2 aromatic carbocycles. The molecule has 2 aromatic heterocycles. The van der Waals surface area contributed by atoms with E-state index in [9.17, 15) is 9.18 Å². The molecular formula is C23H25FN8O2. The van der Waals surface area contributed by atoms with Crippen LogP contribution in [0.4, 0.5) is 4.39 Å². The second kappa shape index (κ2) is 10.3. The van der Waals surface area contributed by atoms with E-state index in [1.807, 2.05) is 32.0 Å². The molecular weight excluding hydrogens is 439 g/mol. The smallest absolute Gasteiger partial charge is 0.256 e. The van der Waals surface area contributed by atoms with Crippen LogP contribution in [0.3, 0.4) is 0 Å². The number of amides is 1. The Morgan fingerprint density at radius 3 is 2.59 bits per heavy atom. The lowest BCUT2D eigenvalue weighted by atomic mass is 10.1. The first-order chi connectivity index (χ1) is 16.5. The predicted octanol–water partition coefficient (Wildman–Crippen LogP) is 2.55. The SMILES string of the molecule is COCCN(C(=O)c1cc(C)ccc1-n1nccn1)[C@@H](C)Cn1nnc(-c2ccc(F)cc2)n1. The van der Waals surface area contributed by atoms with Crippen molar-refractivity contribution < 1.29 is 13.9 Å². The predicted molar refractivity (Wildman–Crippen MR) is 122 cm³/mol. The maximum atomic E-state index is 13.7. The Labute approximate surface area is 196 Å². The summed E-state index contributed by atoms with van der Waals surface area (Å²) in [5.74, 6) is -0.134. The number of hydrogen-bond donors (Lipinski definition) is 0. The summed E-state index contributed by atoms with van der Waals surface area (Å²) in [5.41, 5.74) is 2.68. The van der Waals surface area contributed by atoms with Gasteiger partial charge in [-0.05, 0) is 55.5 Å². The third-order valence-corrected chi connectivity index (χ3v) is 5.33. The average Bonchev–Trinajstić information content (AvgIpc) is 3.52. The van der Waals surface area contributed by atoms with Crippen molar-refractivity contribution in [2.45, 2.75) is 26.4 Å². The fourth-order valence-electron chi connectivity index (χ4n) is 3.57. The molecule has 0 spiro atoms. The van der Waals surface area contributed by atoms with E-state index in [-0.39, 0.29) is 17.8 Å². The van der Waals surface area contributed by atoms with E-state index in [0.29, 0.717) is 42.3 Å². The van der Waals surface area contributed by atoms with Gasteiger partial charge < -0.3 is 9.64 Å². The van der Waals surface area contributed by atoms with Crippen molar-refractivity contribution in [2.24, 2.45) is 0 Å². The minimum Gasteiger partial charge on any atom is -0.383 e. The zero-order valence-corrected chi connectivity index (χ0v) is 19.2. The first-order valence-corrected chi connectivity index (χ1v) is 10.8. The topological polar surface area (TPSA) is 104 Å². The lowest BCUT2D eigenvalue weighted by Gasteiger charge is -2.29. The number of ether oxygens (including phenoxy) is 1. The van der Waals surface area contributed by atoms with Crippen LogP contribution in [0, 0.1) is 12.7 Å². The van der Waals surface area contributed by atoms with Gasteiger partial charge in [-0.2, -0.15) is 19.8 Å². The minimum absolute atomic E-state index is 0.181. The molecule has 2 heterocycles. The molecule has 34 heavy (non-hydrogen) atoms. The highest BCUT2D eigenvalue weighted by molar-refractivity contribution is 5.98. The average molecular weight is 465 g/mol. The van der Waals surface area contributed by atoms with Gasteiger partial charge in [0.25, 0.3) is 5.91 Å². The summed E-state index contributed by atoms with van der Waals surface area (Å²) in [6.45, 7) is 4.88. The van der Waals surface area contributed by atoms with Crippen molar-refractivity contribution in [2.75, 3.05) is 20.3 Å². The quantitative estimate of drug-likeness (QED) is 0.375. The largest absolute Gasteiger partial charge is 0.383 e. The summed E-state index contributed by atoms with van der Waals surface area (Å²) >= 11 is 0. The van der Waals surface area contributed by atoms with Gasteiger partial charge in [-0.1, -0.05) is 11.6 Å². The van der Waals surface area contributed by atoms with Crippen LogP contribution in [0.2, 0.25) is 0 Å². The summed E-state index contributed by atoms with van der Waals surface area (Å²) in [6, 6.07) is 11.2. The van der Waals surface area contributed by atoms with Gasteiger partial charge in [0.15, 0.2) is 0 Å². The van der Waals surface area contributed by atoms with Crippen molar-refractivity contribution in [3.63, 3.8) is 0 Å². The molecule has 10 nitrogen and oxygen atoms in total. The lowest BCUT2D eigenvalue weighted by molar-refractivity contribution is 0.0590. The van der Waals surface area contributed by atoms with Crippen molar-refractivity contribution >= 4 is 5.91 Å². The van der Waals surface area contributed by atoms with Gasteiger partial charge in [0, 0.05) is 19.2 Å². The standard InChI is InChI=1S/C23H25FN8O2/c1-16-4-9-21(32-25-10-11-26-32)20(14-16)23(33)30(12-13-34-3)17(2)15-31-28-22(27-29-31)18-5-7-19(24)8-6-18/h4-11,14,17H,12-13,15H2,1-3H3/t17-/m0/s1. The minimum atomic E-state index is -0.335. The first-order valence-electron chi connectivity index (χ1n) is 10.8. The second-order valence-electron chi connectivity index (χ2n) is 7.85. The van der Waals surface area contributed by atoms with Crippen LogP contribution in [0.15, 0.2) is 54.9 Å². The van der Waals surface area contributed by atoms with Crippen molar-refractivity contribution in [3.8, 4) is 17.1 Å². The summed E-state index contributed by atoms with van der Waals surface area (Å²) in [5, 5.41) is 20.9. The zero-order chi connectivity index (χ0) is 24.1. The molecule has 0 saturated heterocycles. The van der Waals surface area contributed by atoms with Crippen LogP contribution in [0.1, 0.15) is 22.8 Å². The maximum Gasteiger partial charge on any atom is 0.256 e. The molecule has 1 amide bonds. The third kappa shape index (κ3) is 5.15. The van der Waals surface area contributed by atoms with Crippen molar-refractivity contribution in [1.29, 1.82) is 0 Å². The van der Waals surface area contributed by atoms with Gasteiger partial charge >= 0.3 is 0 Å². The number of rotatable bonds is 9. The van der Waals surface area contributed by atoms with Crippen LogP contribution in [-0.2, 0) is 11.3 Å². The molecule has 0 fully saturated rings. The summed E-state index contributed by atoms with van der Waals surface area (Å²) in [6.07, 6.45) is 3.13. The number of hydrogen-bond acceptors (Lipinski definition) is 7. The molecule has 0 aliphatic carbocycles. The van der Waals surface area contributed by atoms with Gasteiger partial charge in [0.2, 0.25) is 5.82 Å². The van der Waals surface area contributed by atoms with Crippen molar-refractivity contribution in [3.05, 3.63) is 71.8 Å². The number of methoxy groups -OCH3 is 1. The summed E-state index contributed by atoms with van der Waals surface area (Å²) in [4.78, 5) is 18.3. The van der Waals surface area contributed by atoms with Gasteiger partial charge in [-0.3, -0.25) is 4.79 Å². The normalized spacial score (nSPS) is 12.0. The van der Waals surface area contributed by atoms with E-state index >= 15 is 0 Å². The molecule has 0 bridgehead atoms. The number of tetrazole rings is 1. The monoisotopic (exact) mass is 464 g/mol. The summed E-state index contributed by atoms with van der Waals surface area (Å²) < 4.78 is 18.5. The van der Waals surface area contributed by atoms with Crippen LogP contribution in [-0.4, -0.2) is 72.3 Å². The number of aryl methyl sites for hydroxylation is 1. The lowest BCUT2D eigenvalue weighted by Crippen LogP contribution is -2.43. The Morgan fingerprint density at radius 2 is 1.88 bits per heavy atom. The molecule has 176 valence electrons. The van der Waals surface area contributed by atoms with Crippen LogP contribution < -0.4 is 0 Å². The van der Waals surface area contributed by atoms with Crippen molar-refractivity contribution in [1.82, 2.24) is 40.1 Å². The van der Waals surface area contributed by atoms with E-state index in [1.165, 1.54) is 21.7 Å². The zero-order valence-electron chi connectivity index (χ0n) is 19.2. The van der Waals surface area contributed by atoms with Gasteiger partial charge in [0.1, 0.15) is 5.82 Å². The van der Waals surface area contributed by atoms with Crippen LogP contribution in [0.25, 0.3) is 17.1 Å². The molecule has 4 aromatic rings. The molecule has 0 aliphatic rings. The van der Waals surface area contributed by atoms with Crippen LogP contribution >= 0.6 is 0 Å². The summed E-state index contributed by atoms with van der Waals surface area (Å²) in [7, 11) is 1.59. The van der Waals surface area contributed by atoms with Crippen LogP contribution in [0.5, 0.6) is 0 Å². The number of carbonyl (C=O) groups excluding carboxylic acids is 1. The Morgan fingerprint density at radius 1 is 1.15 bits per heavy atom. The number of halogens is 1. The molecule has 0 aliphatic heterocycles. The number of benzene rings is 2. The molecule has 0 N–H and O–H groups in total. The van der Waals surface area contributed by atoms with E-state index in [2.05, 4.69) is 25.6 Å². The molecule has 0 unspecified atom stereocenters. The highest BCUT2D eigenvalue weighted by atomic mass is 19.1. The number of aromatic nitrogens is 7. The van der Waals surface area contributed by atoms with E-state index < -0.39 is 0 Å². The fraction of sp³-hybridized carbons (Fsp3) is 0.304. The Hall–Kier alpha value is -3.99. The highest BCUT2D eigenvalue weighted by Crippen LogP contribution is 2.20. The molecule has 0 radical (unpaired) electrons. The molecule has 0 saturated carbocycles. The Bertz CT molecular complexity index is 1240. The molecule has 11 heteroatoms. The molecule has 1 atom stereocenters. The van der Waals surface area contributed by atoms with Gasteiger partial charge in [-0.15, -0.1) is 10.2 Å². The van der Waals surface area contributed by atoms with E-state index in [0.717, 1.165) is 5.56 Å². The molecule has 4 rings (SSSR count).